The number of hydrogen-bond acceptors (Lipinski definition) is 7. The van der Waals surface area contributed by atoms with Crippen molar-refractivity contribution in [3.05, 3.63) is 28.6 Å². The zero-order valence-corrected chi connectivity index (χ0v) is 16.4. The first-order chi connectivity index (χ1) is 12.5. The summed E-state index contributed by atoms with van der Waals surface area (Å²) in [6, 6.07) is 5.23. The average molecular weight is 396 g/mol. The molecule has 1 aromatic heterocycles. The highest BCUT2D eigenvalue weighted by atomic mass is 32.2. The van der Waals surface area contributed by atoms with Crippen molar-refractivity contribution in [1.29, 1.82) is 0 Å². The molecule has 1 heterocycles. The lowest BCUT2D eigenvalue weighted by molar-refractivity contribution is -0.116. The van der Waals surface area contributed by atoms with E-state index >= 15 is 0 Å². The maximum absolute atomic E-state index is 12.0. The number of methoxy groups -OCH3 is 1. The lowest BCUT2D eigenvalue weighted by Crippen LogP contribution is -2.20. The number of amides is 1. The van der Waals surface area contributed by atoms with Gasteiger partial charge in [-0.15, -0.1) is 0 Å². The number of carbonyl (C=O) groups is 3. The third-order valence-electron chi connectivity index (χ3n) is 3.33. The van der Waals surface area contributed by atoms with Gasteiger partial charge in [0.05, 0.1) is 34.7 Å². The largest absolute Gasteiger partial charge is 0.462 e. The molecule has 2 rings (SSSR count). The summed E-state index contributed by atoms with van der Waals surface area (Å²) in [6.07, 6.45) is 0. The van der Waals surface area contributed by atoms with Gasteiger partial charge in [-0.05, 0) is 25.1 Å². The number of thioether (sulfide) groups is 1. The molecule has 0 aliphatic rings. The third kappa shape index (κ3) is 5.26. The fourth-order valence-electron chi connectivity index (χ4n) is 2.20. The number of rotatable bonds is 7. The topological polar surface area (TPSA) is 87.0 Å². The zero-order chi connectivity index (χ0) is 19.1. The van der Waals surface area contributed by atoms with Crippen molar-refractivity contribution >= 4 is 50.3 Å². The fourth-order valence-corrected chi connectivity index (χ4v) is 3.70. The SMILES string of the molecule is CCOC(=O)c1ccc2c(c1)sc(=NC(=O)CSC(C)=O)n2CCOC. The van der Waals surface area contributed by atoms with E-state index in [9.17, 15) is 14.4 Å². The number of carbonyl (C=O) groups excluding carboxylic acids is 3. The van der Waals surface area contributed by atoms with Crippen molar-refractivity contribution in [1.82, 2.24) is 4.57 Å². The molecule has 0 bridgehead atoms. The number of fused-ring (bicyclic) bond motifs is 1. The predicted octanol–water partition coefficient (Wildman–Crippen LogP) is 2.23. The van der Waals surface area contributed by atoms with E-state index in [1.54, 1.807) is 26.2 Å². The minimum atomic E-state index is -0.390. The summed E-state index contributed by atoms with van der Waals surface area (Å²) in [5.41, 5.74) is 1.30. The maximum atomic E-state index is 12.0. The molecule has 26 heavy (non-hydrogen) atoms. The summed E-state index contributed by atoms with van der Waals surface area (Å²) in [5.74, 6) is -0.769. The van der Waals surface area contributed by atoms with E-state index in [0.29, 0.717) is 30.1 Å². The second-order valence-corrected chi connectivity index (χ2v) is 7.38. The second-order valence-electron chi connectivity index (χ2n) is 5.22. The van der Waals surface area contributed by atoms with Gasteiger partial charge >= 0.3 is 5.97 Å². The number of nitrogens with zero attached hydrogens (tertiary/aromatic N) is 2. The summed E-state index contributed by atoms with van der Waals surface area (Å²) in [4.78, 5) is 39.6. The number of esters is 1. The summed E-state index contributed by atoms with van der Waals surface area (Å²) < 4.78 is 12.8. The van der Waals surface area contributed by atoms with E-state index in [-0.39, 0.29) is 16.8 Å². The Morgan fingerprint density at radius 2 is 2.08 bits per heavy atom. The molecule has 7 nitrogen and oxygen atoms in total. The number of benzene rings is 1. The second kappa shape index (κ2) is 9.65. The summed E-state index contributed by atoms with van der Waals surface area (Å²) in [7, 11) is 1.60. The number of thiazole rings is 1. The monoisotopic (exact) mass is 396 g/mol. The Morgan fingerprint density at radius 1 is 1.31 bits per heavy atom. The van der Waals surface area contributed by atoms with Crippen LogP contribution in [0.25, 0.3) is 10.2 Å². The van der Waals surface area contributed by atoms with Gasteiger partial charge in [-0.25, -0.2) is 4.79 Å². The highest BCUT2D eigenvalue weighted by Crippen LogP contribution is 2.20. The van der Waals surface area contributed by atoms with Crippen molar-refractivity contribution < 1.29 is 23.9 Å². The Morgan fingerprint density at radius 3 is 2.73 bits per heavy atom. The lowest BCUT2D eigenvalue weighted by atomic mass is 10.2. The number of hydrogen-bond donors (Lipinski definition) is 0. The van der Waals surface area contributed by atoms with Crippen molar-refractivity contribution in [2.75, 3.05) is 26.1 Å². The van der Waals surface area contributed by atoms with Gasteiger partial charge in [0.1, 0.15) is 0 Å². The molecule has 0 radical (unpaired) electrons. The molecule has 0 saturated carbocycles. The van der Waals surface area contributed by atoms with Gasteiger partial charge in [0.25, 0.3) is 5.91 Å². The van der Waals surface area contributed by atoms with Crippen LogP contribution in [-0.2, 0) is 25.6 Å². The highest BCUT2D eigenvalue weighted by molar-refractivity contribution is 8.14. The smallest absolute Gasteiger partial charge is 0.338 e. The molecule has 9 heteroatoms. The van der Waals surface area contributed by atoms with Gasteiger partial charge in [-0.2, -0.15) is 4.99 Å². The van der Waals surface area contributed by atoms with E-state index in [1.165, 1.54) is 18.3 Å². The van der Waals surface area contributed by atoms with Crippen molar-refractivity contribution in [2.24, 2.45) is 4.99 Å². The Hall–Kier alpha value is -1.97. The maximum Gasteiger partial charge on any atom is 0.338 e. The highest BCUT2D eigenvalue weighted by Gasteiger charge is 2.12. The van der Waals surface area contributed by atoms with Crippen LogP contribution < -0.4 is 4.80 Å². The standard InChI is InChI=1S/C17H20N2O5S2/c1-4-24-16(22)12-5-6-13-14(9-12)26-17(19(13)7-8-23-3)18-15(21)10-25-11(2)20/h5-6,9H,4,7-8,10H2,1-3H3. The fraction of sp³-hybridized carbons (Fsp3) is 0.412. The molecule has 0 aliphatic heterocycles. The Kier molecular flexibility index (Phi) is 7.55. The van der Waals surface area contributed by atoms with Crippen LogP contribution >= 0.6 is 23.1 Å². The van der Waals surface area contributed by atoms with E-state index in [2.05, 4.69) is 4.99 Å². The molecule has 2 aromatic rings. The number of aromatic nitrogens is 1. The van der Waals surface area contributed by atoms with Gasteiger partial charge in [-0.3, -0.25) is 9.59 Å². The molecule has 0 spiro atoms. The van der Waals surface area contributed by atoms with Crippen LogP contribution in [0, 0.1) is 0 Å². The van der Waals surface area contributed by atoms with E-state index in [1.807, 2.05) is 10.6 Å². The van der Waals surface area contributed by atoms with E-state index in [0.717, 1.165) is 22.0 Å². The van der Waals surface area contributed by atoms with Crippen LogP contribution in [-0.4, -0.2) is 47.6 Å². The summed E-state index contributed by atoms with van der Waals surface area (Å²) in [6.45, 7) is 4.43. The molecule has 0 saturated heterocycles. The van der Waals surface area contributed by atoms with Gasteiger partial charge in [0.15, 0.2) is 9.92 Å². The molecule has 0 fully saturated rings. The van der Waals surface area contributed by atoms with Crippen LogP contribution in [0.15, 0.2) is 23.2 Å². The molecule has 0 unspecified atom stereocenters. The first-order valence-electron chi connectivity index (χ1n) is 7.96. The molecule has 0 aliphatic carbocycles. The third-order valence-corrected chi connectivity index (χ3v) is 5.17. The van der Waals surface area contributed by atoms with Crippen LogP contribution in [0.5, 0.6) is 0 Å². The molecule has 1 aromatic carbocycles. The van der Waals surface area contributed by atoms with Gasteiger partial charge in [0, 0.05) is 20.6 Å². The van der Waals surface area contributed by atoms with Crippen LogP contribution in [0.4, 0.5) is 0 Å². The van der Waals surface area contributed by atoms with Crippen molar-refractivity contribution in [2.45, 2.75) is 20.4 Å². The molecule has 0 atom stereocenters. The van der Waals surface area contributed by atoms with Crippen LogP contribution in [0.3, 0.4) is 0 Å². The minimum Gasteiger partial charge on any atom is -0.462 e. The van der Waals surface area contributed by atoms with Gasteiger partial charge in [-0.1, -0.05) is 23.1 Å². The molecular formula is C17H20N2O5S2. The van der Waals surface area contributed by atoms with Crippen LogP contribution in [0.1, 0.15) is 24.2 Å². The Labute approximate surface area is 159 Å². The molecular weight excluding hydrogens is 376 g/mol. The van der Waals surface area contributed by atoms with Crippen molar-refractivity contribution in [3.63, 3.8) is 0 Å². The lowest BCUT2D eigenvalue weighted by Gasteiger charge is -2.05. The first-order valence-corrected chi connectivity index (χ1v) is 9.76. The molecule has 0 N–H and O–H groups in total. The predicted molar refractivity (Wildman–Crippen MR) is 101 cm³/mol. The molecule has 1 amide bonds. The summed E-state index contributed by atoms with van der Waals surface area (Å²) >= 11 is 2.23. The van der Waals surface area contributed by atoms with Crippen molar-refractivity contribution in [3.8, 4) is 0 Å². The first kappa shape index (κ1) is 20.3. The van der Waals surface area contributed by atoms with E-state index < -0.39 is 5.97 Å². The Balaban J connectivity index is 2.45. The normalized spacial score (nSPS) is 11.7. The van der Waals surface area contributed by atoms with Crippen LogP contribution in [0.2, 0.25) is 0 Å². The summed E-state index contributed by atoms with van der Waals surface area (Å²) in [5, 5.41) is -0.128. The van der Waals surface area contributed by atoms with E-state index in [4.69, 9.17) is 9.47 Å². The Bertz CT molecular complexity index is 885. The van der Waals surface area contributed by atoms with Gasteiger partial charge in [0.2, 0.25) is 0 Å². The number of ether oxygens (including phenoxy) is 2. The zero-order valence-electron chi connectivity index (χ0n) is 14.8. The quantitative estimate of drug-likeness (QED) is 0.667. The average Bonchev–Trinajstić information content (AvgIpc) is 2.94. The van der Waals surface area contributed by atoms with Gasteiger partial charge < -0.3 is 14.0 Å². The minimum absolute atomic E-state index is 0.00192. The molecule has 140 valence electrons.